The minimum Gasteiger partial charge on any atom is -0.496 e. The van der Waals surface area contributed by atoms with Crippen molar-refractivity contribution in [3.05, 3.63) is 28.8 Å². The predicted octanol–water partition coefficient (Wildman–Crippen LogP) is 2.47. The second kappa shape index (κ2) is 6.95. The molecule has 2 atom stereocenters. The topological polar surface area (TPSA) is 50.4 Å². The summed E-state index contributed by atoms with van der Waals surface area (Å²) in [6.45, 7) is 4.07. The first-order chi connectivity index (χ1) is 9.61. The Morgan fingerprint density at radius 3 is 3.00 bits per heavy atom. The maximum absolute atomic E-state index is 12.4. The van der Waals surface area contributed by atoms with E-state index in [1.807, 2.05) is 6.92 Å². The summed E-state index contributed by atoms with van der Waals surface area (Å²) < 4.78 is 5.22. The maximum atomic E-state index is 12.4. The second-order valence-corrected chi connectivity index (χ2v) is 5.65. The van der Waals surface area contributed by atoms with Gasteiger partial charge in [-0.15, -0.1) is 0 Å². The molecule has 1 fully saturated rings. The first-order valence-electron chi connectivity index (χ1n) is 6.97. The van der Waals surface area contributed by atoms with Crippen LogP contribution in [0, 0.1) is 5.92 Å². The number of hydrogen-bond donors (Lipinski definition) is 2. The summed E-state index contributed by atoms with van der Waals surface area (Å²) in [6, 6.07) is 5.19. The average molecular weight is 297 g/mol. The fourth-order valence-electron chi connectivity index (χ4n) is 2.57. The van der Waals surface area contributed by atoms with Crippen LogP contribution in [0.1, 0.15) is 30.1 Å². The van der Waals surface area contributed by atoms with Gasteiger partial charge in [-0.2, -0.15) is 0 Å². The molecule has 2 unspecified atom stereocenters. The van der Waals surface area contributed by atoms with Crippen molar-refractivity contribution < 1.29 is 9.53 Å². The number of hydrogen-bond acceptors (Lipinski definition) is 3. The van der Waals surface area contributed by atoms with Crippen LogP contribution in [0.15, 0.2) is 18.2 Å². The Morgan fingerprint density at radius 1 is 1.55 bits per heavy atom. The summed E-state index contributed by atoms with van der Waals surface area (Å²) in [5.74, 6) is 0.876. The zero-order valence-corrected chi connectivity index (χ0v) is 12.7. The quantitative estimate of drug-likeness (QED) is 0.897. The molecule has 2 rings (SSSR count). The second-order valence-electron chi connectivity index (χ2n) is 5.21. The molecule has 2 N–H and O–H groups in total. The monoisotopic (exact) mass is 296 g/mol. The highest BCUT2D eigenvalue weighted by atomic mass is 35.5. The third-order valence-electron chi connectivity index (χ3n) is 3.81. The highest BCUT2D eigenvalue weighted by Gasteiger charge is 2.23. The molecule has 110 valence electrons. The number of piperidine rings is 1. The highest BCUT2D eigenvalue weighted by Crippen LogP contribution is 2.23. The predicted molar refractivity (Wildman–Crippen MR) is 80.5 cm³/mol. The van der Waals surface area contributed by atoms with Crippen LogP contribution in [0.3, 0.4) is 0 Å². The van der Waals surface area contributed by atoms with Gasteiger partial charge in [-0.1, -0.05) is 11.6 Å². The van der Waals surface area contributed by atoms with Crippen molar-refractivity contribution in [2.75, 3.05) is 20.2 Å². The lowest BCUT2D eigenvalue weighted by Crippen LogP contribution is -2.44. The molecule has 1 aliphatic rings. The van der Waals surface area contributed by atoms with Gasteiger partial charge in [-0.25, -0.2) is 0 Å². The lowest BCUT2D eigenvalue weighted by molar-refractivity contribution is 0.0919. The zero-order valence-electron chi connectivity index (χ0n) is 11.9. The minimum absolute atomic E-state index is 0.124. The fraction of sp³-hybridized carbons (Fsp3) is 0.533. The van der Waals surface area contributed by atoms with Crippen molar-refractivity contribution in [1.82, 2.24) is 10.6 Å². The SMILES string of the molecule is COc1ccc(Cl)cc1C(=O)NC(C)C1CCCNC1. The number of benzene rings is 1. The third-order valence-corrected chi connectivity index (χ3v) is 4.04. The normalized spacial score (nSPS) is 20.2. The van der Waals surface area contributed by atoms with Gasteiger partial charge in [0.2, 0.25) is 0 Å². The Balaban J connectivity index is 2.05. The van der Waals surface area contributed by atoms with E-state index in [9.17, 15) is 4.79 Å². The highest BCUT2D eigenvalue weighted by molar-refractivity contribution is 6.31. The molecule has 0 spiro atoms. The zero-order chi connectivity index (χ0) is 14.5. The van der Waals surface area contributed by atoms with E-state index in [0.29, 0.717) is 22.3 Å². The van der Waals surface area contributed by atoms with Crippen LogP contribution in [-0.2, 0) is 0 Å². The number of carbonyl (C=O) groups excluding carboxylic acids is 1. The minimum atomic E-state index is -0.137. The van der Waals surface area contributed by atoms with Crippen LogP contribution < -0.4 is 15.4 Å². The van der Waals surface area contributed by atoms with Crippen LogP contribution in [0.5, 0.6) is 5.75 Å². The Morgan fingerprint density at radius 2 is 2.35 bits per heavy atom. The van der Waals surface area contributed by atoms with Crippen molar-refractivity contribution in [1.29, 1.82) is 0 Å². The molecule has 1 amide bonds. The summed E-state index contributed by atoms with van der Waals surface area (Å²) in [6.07, 6.45) is 2.30. The number of ether oxygens (including phenoxy) is 1. The number of carbonyl (C=O) groups is 1. The van der Waals surface area contributed by atoms with Crippen LogP contribution >= 0.6 is 11.6 Å². The van der Waals surface area contributed by atoms with Crippen LogP contribution in [-0.4, -0.2) is 32.1 Å². The molecule has 0 radical (unpaired) electrons. The van der Waals surface area contributed by atoms with Gasteiger partial charge in [0.25, 0.3) is 5.91 Å². The number of amides is 1. The Kier molecular flexibility index (Phi) is 5.26. The summed E-state index contributed by atoms with van der Waals surface area (Å²) in [5.41, 5.74) is 0.482. The molecule has 1 saturated heterocycles. The lowest BCUT2D eigenvalue weighted by Gasteiger charge is -2.29. The molecule has 20 heavy (non-hydrogen) atoms. The summed E-state index contributed by atoms with van der Waals surface area (Å²) >= 11 is 5.96. The molecule has 1 heterocycles. The molecule has 0 bridgehead atoms. The van der Waals surface area contributed by atoms with Gasteiger partial charge < -0.3 is 15.4 Å². The third kappa shape index (κ3) is 3.64. The van der Waals surface area contributed by atoms with Crippen molar-refractivity contribution in [3.63, 3.8) is 0 Å². The standard InChI is InChI=1S/C15H21ClN2O2/c1-10(11-4-3-7-17-9-11)18-15(19)13-8-12(16)5-6-14(13)20-2/h5-6,8,10-11,17H,3-4,7,9H2,1-2H3,(H,18,19). The van der Waals surface area contributed by atoms with E-state index in [1.165, 1.54) is 0 Å². The molecule has 0 aromatic heterocycles. The van der Waals surface area contributed by atoms with E-state index < -0.39 is 0 Å². The van der Waals surface area contributed by atoms with Gasteiger partial charge >= 0.3 is 0 Å². The Hall–Kier alpha value is -1.26. The first-order valence-corrected chi connectivity index (χ1v) is 7.34. The molecule has 5 heteroatoms. The van der Waals surface area contributed by atoms with Gasteiger partial charge in [-0.3, -0.25) is 4.79 Å². The van der Waals surface area contributed by atoms with Crippen molar-refractivity contribution >= 4 is 17.5 Å². The summed E-state index contributed by atoms with van der Waals surface area (Å²) in [5, 5.41) is 6.94. The van der Waals surface area contributed by atoms with Gasteiger partial charge in [-0.05, 0) is 57.0 Å². The maximum Gasteiger partial charge on any atom is 0.255 e. The van der Waals surface area contributed by atoms with Crippen molar-refractivity contribution in [2.24, 2.45) is 5.92 Å². The van der Waals surface area contributed by atoms with Crippen LogP contribution in [0.4, 0.5) is 0 Å². The summed E-state index contributed by atoms with van der Waals surface area (Å²) in [7, 11) is 1.55. The van der Waals surface area contributed by atoms with E-state index in [0.717, 1.165) is 25.9 Å². The molecule has 0 aliphatic carbocycles. The van der Waals surface area contributed by atoms with E-state index in [4.69, 9.17) is 16.3 Å². The fourth-order valence-corrected chi connectivity index (χ4v) is 2.74. The molecule has 1 aliphatic heterocycles. The largest absolute Gasteiger partial charge is 0.496 e. The van der Waals surface area contributed by atoms with Crippen molar-refractivity contribution in [2.45, 2.75) is 25.8 Å². The molecule has 0 saturated carbocycles. The van der Waals surface area contributed by atoms with Gasteiger partial charge in [0.15, 0.2) is 0 Å². The number of halogens is 1. The Bertz CT molecular complexity index is 473. The molecular formula is C15H21ClN2O2. The average Bonchev–Trinajstić information content (AvgIpc) is 2.48. The number of nitrogens with one attached hydrogen (secondary N) is 2. The van der Waals surface area contributed by atoms with Crippen molar-refractivity contribution in [3.8, 4) is 5.75 Å². The molecule has 1 aromatic rings. The van der Waals surface area contributed by atoms with Crippen LogP contribution in [0.25, 0.3) is 0 Å². The van der Waals surface area contributed by atoms with Gasteiger partial charge in [0, 0.05) is 11.1 Å². The van der Waals surface area contributed by atoms with E-state index in [1.54, 1.807) is 25.3 Å². The Labute approximate surface area is 124 Å². The molecule has 1 aromatic carbocycles. The van der Waals surface area contributed by atoms with E-state index >= 15 is 0 Å². The van der Waals surface area contributed by atoms with E-state index in [-0.39, 0.29) is 11.9 Å². The van der Waals surface area contributed by atoms with Gasteiger partial charge in [0.05, 0.1) is 12.7 Å². The van der Waals surface area contributed by atoms with E-state index in [2.05, 4.69) is 10.6 Å². The number of rotatable bonds is 4. The lowest BCUT2D eigenvalue weighted by atomic mass is 9.92. The number of methoxy groups -OCH3 is 1. The smallest absolute Gasteiger partial charge is 0.255 e. The summed E-state index contributed by atoms with van der Waals surface area (Å²) in [4.78, 5) is 12.4. The van der Waals surface area contributed by atoms with Gasteiger partial charge in [0.1, 0.15) is 5.75 Å². The first kappa shape index (κ1) is 15.1. The van der Waals surface area contributed by atoms with Crippen LogP contribution in [0.2, 0.25) is 5.02 Å². The molecule has 4 nitrogen and oxygen atoms in total. The molecular weight excluding hydrogens is 276 g/mol.